The van der Waals surface area contributed by atoms with E-state index >= 15 is 0 Å². The van der Waals surface area contributed by atoms with Gasteiger partial charge in [0, 0.05) is 25.6 Å². The Labute approximate surface area is 240 Å². The van der Waals surface area contributed by atoms with Gasteiger partial charge in [0.15, 0.2) is 6.29 Å². The Morgan fingerprint density at radius 3 is 2.12 bits per heavy atom. The third kappa shape index (κ3) is 10.7. The number of aliphatic hydroxyl groups excluding tert-OH is 1. The molecule has 0 spiro atoms. The van der Waals surface area contributed by atoms with Crippen molar-refractivity contribution in [3.63, 3.8) is 0 Å². The first-order chi connectivity index (χ1) is 19.3. The summed E-state index contributed by atoms with van der Waals surface area (Å²) >= 11 is 0. The summed E-state index contributed by atoms with van der Waals surface area (Å²) in [5.41, 5.74) is 1.20. The molecule has 41 heavy (non-hydrogen) atoms. The van der Waals surface area contributed by atoms with Gasteiger partial charge in [0.2, 0.25) is 23.6 Å². The summed E-state index contributed by atoms with van der Waals surface area (Å²) in [7, 11) is 0. The highest BCUT2D eigenvalue weighted by molar-refractivity contribution is 5.98. The van der Waals surface area contributed by atoms with Crippen LogP contribution in [0.25, 0.3) is 0 Å². The monoisotopic (exact) mass is 577 g/mol. The van der Waals surface area contributed by atoms with Crippen molar-refractivity contribution in [1.82, 2.24) is 20.9 Å². The lowest BCUT2D eigenvalue weighted by atomic mass is 10.0. The summed E-state index contributed by atoms with van der Waals surface area (Å²) < 4.78 is 10.7. The van der Waals surface area contributed by atoms with Crippen LogP contribution >= 0.6 is 0 Å². The van der Waals surface area contributed by atoms with Crippen molar-refractivity contribution in [1.29, 1.82) is 0 Å². The summed E-state index contributed by atoms with van der Waals surface area (Å²) in [6, 6.07) is 3.95. The van der Waals surface area contributed by atoms with Crippen LogP contribution in [-0.2, 0) is 35.3 Å². The topological polar surface area (TPSA) is 175 Å². The Bertz CT molecular complexity index is 1060. The fourth-order valence-electron chi connectivity index (χ4n) is 4.22. The average Bonchev–Trinajstić information content (AvgIpc) is 2.91. The van der Waals surface area contributed by atoms with E-state index in [4.69, 9.17) is 9.47 Å². The van der Waals surface area contributed by atoms with Crippen molar-refractivity contribution >= 4 is 35.4 Å². The Morgan fingerprint density at radius 2 is 1.59 bits per heavy atom. The van der Waals surface area contributed by atoms with E-state index in [1.165, 1.54) is 20.8 Å². The summed E-state index contributed by atoms with van der Waals surface area (Å²) in [6.45, 7) is 10.4. The highest BCUT2D eigenvalue weighted by atomic mass is 16.6. The van der Waals surface area contributed by atoms with Gasteiger partial charge in [-0.15, -0.1) is 0 Å². The van der Waals surface area contributed by atoms with E-state index in [0.29, 0.717) is 30.6 Å². The molecule has 0 unspecified atom stereocenters. The van der Waals surface area contributed by atoms with Gasteiger partial charge in [-0.05, 0) is 50.8 Å². The summed E-state index contributed by atoms with van der Waals surface area (Å²) in [5.74, 6) is -2.14. The molecule has 0 aromatic heterocycles. The largest absolute Gasteiger partial charge is 0.445 e. The molecule has 1 aromatic carbocycles. The third-order valence-electron chi connectivity index (χ3n) is 6.64. The first-order valence-electron chi connectivity index (χ1n) is 13.8. The number of nitrogens with one attached hydrogen (secondary N) is 4. The molecule has 2 rings (SSSR count). The van der Waals surface area contributed by atoms with Gasteiger partial charge in [0.25, 0.3) is 0 Å². The van der Waals surface area contributed by atoms with Crippen LogP contribution in [-0.4, -0.2) is 83.3 Å². The molecule has 0 radical (unpaired) electrons. The van der Waals surface area contributed by atoms with Crippen LogP contribution in [0.15, 0.2) is 24.3 Å². The molecule has 1 heterocycles. The molecule has 228 valence electrons. The highest BCUT2D eigenvalue weighted by Crippen LogP contribution is 2.18. The molecule has 5 amide bonds. The van der Waals surface area contributed by atoms with Gasteiger partial charge in [-0.25, -0.2) is 4.79 Å². The summed E-state index contributed by atoms with van der Waals surface area (Å²) in [6.07, 6.45) is -0.185. The summed E-state index contributed by atoms with van der Waals surface area (Å²) in [4.78, 5) is 63.3. The van der Waals surface area contributed by atoms with Crippen LogP contribution in [0.4, 0.5) is 10.5 Å². The van der Waals surface area contributed by atoms with Crippen LogP contribution in [0.5, 0.6) is 0 Å². The molecule has 1 aliphatic heterocycles. The molecule has 1 saturated heterocycles. The minimum Gasteiger partial charge on any atom is -0.445 e. The predicted molar refractivity (Wildman–Crippen MR) is 150 cm³/mol. The number of hydrogen-bond acceptors (Lipinski definition) is 8. The quantitative estimate of drug-likeness (QED) is 0.247. The fraction of sp³-hybridized carbons (Fsp3) is 0.607. The normalized spacial score (nSPS) is 18.8. The second-order valence-corrected chi connectivity index (χ2v) is 10.4. The minimum atomic E-state index is -0.906. The van der Waals surface area contributed by atoms with Gasteiger partial charge in [-0.1, -0.05) is 26.0 Å². The maximum Gasteiger partial charge on any atom is 0.410 e. The second-order valence-electron chi connectivity index (χ2n) is 10.4. The van der Waals surface area contributed by atoms with Gasteiger partial charge < -0.3 is 40.7 Å². The minimum absolute atomic E-state index is 0.0368. The number of carbonyl (C=O) groups excluding carboxylic acids is 5. The number of ether oxygens (including phenoxy) is 2. The van der Waals surface area contributed by atoms with Crippen molar-refractivity contribution in [3.8, 4) is 0 Å². The van der Waals surface area contributed by atoms with E-state index in [1.54, 1.807) is 43.0 Å². The molecule has 5 atom stereocenters. The molecule has 1 aromatic rings. The first-order valence-corrected chi connectivity index (χ1v) is 13.8. The summed E-state index contributed by atoms with van der Waals surface area (Å²) in [5, 5.41) is 19.9. The fourth-order valence-corrected chi connectivity index (χ4v) is 4.22. The third-order valence-corrected chi connectivity index (χ3v) is 6.64. The molecular weight excluding hydrogens is 534 g/mol. The van der Waals surface area contributed by atoms with E-state index in [0.717, 1.165) is 0 Å². The molecule has 0 aliphatic carbocycles. The number of carbonyl (C=O) groups is 5. The van der Waals surface area contributed by atoms with Crippen LogP contribution in [0.2, 0.25) is 0 Å². The number of aliphatic hydroxyl groups is 1. The molecule has 1 fully saturated rings. The number of nitrogens with zero attached hydrogens (tertiary/aromatic N) is 1. The zero-order valence-corrected chi connectivity index (χ0v) is 24.6. The van der Waals surface area contributed by atoms with E-state index in [9.17, 15) is 29.1 Å². The Morgan fingerprint density at radius 1 is 0.951 bits per heavy atom. The van der Waals surface area contributed by atoms with E-state index in [1.807, 2.05) is 6.92 Å². The lowest BCUT2D eigenvalue weighted by molar-refractivity contribution is -0.143. The van der Waals surface area contributed by atoms with Gasteiger partial charge in [0.1, 0.15) is 24.7 Å². The van der Waals surface area contributed by atoms with Gasteiger partial charge in [0.05, 0.1) is 12.6 Å². The van der Waals surface area contributed by atoms with Crippen LogP contribution in [0.1, 0.15) is 59.9 Å². The Balaban J connectivity index is 1.86. The zero-order chi connectivity index (χ0) is 30.7. The maximum absolute atomic E-state index is 12.8. The standard InChI is InChI=1S/C28H43N5O8/c1-7-33(22-12-13-23(35)40-15-22)28(39)41-14-20-8-10-21(11-9-20)31-25(36)18(5)30-27(38)24(16(2)3)32-26(37)17(4)29-19(6)34/h8-11,16-18,22-24,35H,7,12-15H2,1-6H3,(H,29,34)(H,30,38)(H,31,36)(H,32,37)/t17-,18-,22+,23+,24-/m0/s1. The Hall–Kier alpha value is -3.71. The van der Waals surface area contributed by atoms with Crippen molar-refractivity contribution in [2.24, 2.45) is 5.92 Å². The van der Waals surface area contributed by atoms with Crippen LogP contribution in [0.3, 0.4) is 0 Å². The molecule has 1 aliphatic rings. The number of hydrogen-bond donors (Lipinski definition) is 5. The van der Waals surface area contributed by atoms with Crippen molar-refractivity contribution in [3.05, 3.63) is 29.8 Å². The highest BCUT2D eigenvalue weighted by Gasteiger charge is 2.30. The van der Waals surface area contributed by atoms with Crippen LogP contribution in [0, 0.1) is 5.92 Å². The molecule has 13 nitrogen and oxygen atoms in total. The van der Waals surface area contributed by atoms with Gasteiger partial charge >= 0.3 is 6.09 Å². The van der Waals surface area contributed by atoms with E-state index in [-0.39, 0.29) is 31.1 Å². The number of likely N-dealkylation sites (N-methyl/N-ethyl adjacent to an activating group) is 1. The molecule has 0 bridgehead atoms. The van der Waals surface area contributed by atoms with Crippen molar-refractivity contribution in [2.75, 3.05) is 18.5 Å². The number of benzene rings is 1. The van der Waals surface area contributed by atoms with Crippen molar-refractivity contribution < 1.29 is 38.6 Å². The van der Waals surface area contributed by atoms with Gasteiger partial charge in [-0.3, -0.25) is 19.2 Å². The first kappa shape index (κ1) is 33.5. The SMILES string of the molecule is CCN(C(=O)OCc1ccc(NC(=O)[C@H](C)NC(=O)[C@@H](NC(=O)[C@H](C)NC(C)=O)C(C)C)cc1)[C@@H]1CC[C@H](O)OC1. The second kappa shape index (κ2) is 15.9. The number of rotatable bonds is 12. The van der Waals surface area contributed by atoms with Gasteiger partial charge in [-0.2, -0.15) is 0 Å². The molecule has 13 heteroatoms. The number of anilines is 1. The average molecular weight is 578 g/mol. The predicted octanol–water partition coefficient (Wildman–Crippen LogP) is 1.25. The lowest BCUT2D eigenvalue weighted by Gasteiger charge is -2.34. The Kier molecular flexibility index (Phi) is 13.0. The molecular formula is C28H43N5O8. The lowest BCUT2D eigenvalue weighted by Crippen LogP contribution is -2.56. The zero-order valence-electron chi connectivity index (χ0n) is 24.6. The van der Waals surface area contributed by atoms with Crippen molar-refractivity contribution in [2.45, 2.75) is 91.4 Å². The maximum atomic E-state index is 12.8. The molecule has 0 saturated carbocycles. The van der Waals surface area contributed by atoms with E-state index < -0.39 is 48.2 Å². The molecule has 5 N–H and O–H groups in total. The van der Waals surface area contributed by atoms with E-state index in [2.05, 4.69) is 21.3 Å². The number of amides is 5. The smallest absolute Gasteiger partial charge is 0.410 e. The van der Waals surface area contributed by atoms with Crippen LogP contribution < -0.4 is 21.3 Å².